The van der Waals surface area contributed by atoms with Crippen LogP contribution < -0.4 is 15.0 Å². The minimum atomic E-state index is 0.457. The van der Waals surface area contributed by atoms with Gasteiger partial charge in [0.1, 0.15) is 5.75 Å². The van der Waals surface area contributed by atoms with Crippen molar-refractivity contribution in [2.24, 2.45) is 5.92 Å². The van der Waals surface area contributed by atoms with Gasteiger partial charge in [-0.3, -0.25) is 4.90 Å². The highest BCUT2D eigenvalue weighted by molar-refractivity contribution is 5.50. The molecule has 0 amide bonds. The van der Waals surface area contributed by atoms with Gasteiger partial charge in [0.2, 0.25) is 0 Å². The van der Waals surface area contributed by atoms with Crippen LogP contribution in [0.2, 0.25) is 0 Å². The van der Waals surface area contributed by atoms with Gasteiger partial charge < -0.3 is 15.0 Å². The number of ether oxygens (including phenoxy) is 1. The maximum Gasteiger partial charge on any atom is 0.119 e. The third-order valence-electron chi connectivity index (χ3n) is 6.56. The van der Waals surface area contributed by atoms with Gasteiger partial charge in [-0.1, -0.05) is 12.6 Å². The number of rotatable bonds is 7. The molecule has 0 aromatic heterocycles. The normalized spacial score (nSPS) is 18.7. The quantitative estimate of drug-likeness (QED) is 0.741. The monoisotopic (exact) mass is 416 g/mol. The number of benzene rings is 2. The van der Waals surface area contributed by atoms with Crippen molar-refractivity contribution < 1.29 is 4.74 Å². The minimum Gasteiger partial charge on any atom is -0.497 e. The molecule has 0 bridgehead atoms. The van der Waals surface area contributed by atoms with Crippen LogP contribution in [-0.2, 0) is 13.0 Å². The van der Waals surface area contributed by atoms with Gasteiger partial charge >= 0.3 is 0 Å². The van der Waals surface area contributed by atoms with Gasteiger partial charge in [0.25, 0.3) is 0 Å². The standard InChI is InChI=1S/C26H32N4O/c1-20(23-4-3-13-30(19-23)25-8-5-21(17-27)6-9-25)28-12-15-29-14-11-22-16-26(31-2)10-7-24(22)18-29/h5-10,16,23,28H,1,3-4,11-15,18-19H2,2H3. The van der Waals surface area contributed by atoms with Crippen LogP contribution in [0, 0.1) is 17.2 Å². The van der Waals surface area contributed by atoms with Crippen LogP contribution in [-0.4, -0.2) is 44.7 Å². The van der Waals surface area contributed by atoms with Crippen molar-refractivity contribution in [1.29, 1.82) is 5.26 Å². The molecule has 0 radical (unpaired) electrons. The molecule has 5 nitrogen and oxygen atoms in total. The highest BCUT2D eigenvalue weighted by atomic mass is 16.5. The average Bonchev–Trinajstić information content (AvgIpc) is 2.83. The molecule has 31 heavy (non-hydrogen) atoms. The van der Waals surface area contributed by atoms with Crippen LogP contribution in [0.1, 0.15) is 29.5 Å². The lowest BCUT2D eigenvalue weighted by molar-refractivity contribution is 0.254. The molecular formula is C26H32N4O. The summed E-state index contributed by atoms with van der Waals surface area (Å²) in [5.74, 6) is 1.41. The summed E-state index contributed by atoms with van der Waals surface area (Å²) in [7, 11) is 1.73. The Labute approximate surface area is 185 Å². The second-order valence-electron chi connectivity index (χ2n) is 8.56. The number of nitriles is 1. The molecule has 4 rings (SSSR count). The van der Waals surface area contributed by atoms with Gasteiger partial charge in [0, 0.05) is 56.6 Å². The second kappa shape index (κ2) is 9.89. The molecule has 1 atom stereocenters. The molecule has 5 heteroatoms. The first kappa shape index (κ1) is 21.3. The van der Waals surface area contributed by atoms with E-state index in [4.69, 9.17) is 10.00 Å². The van der Waals surface area contributed by atoms with Gasteiger partial charge in [0.05, 0.1) is 18.7 Å². The molecule has 2 aromatic rings. The Kier molecular flexibility index (Phi) is 6.79. The molecule has 2 heterocycles. The Morgan fingerprint density at radius 1 is 1.19 bits per heavy atom. The molecule has 2 aromatic carbocycles. The zero-order valence-corrected chi connectivity index (χ0v) is 18.4. The molecule has 1 fully saturated rings. The molecular weight excluding hydrogens is 384 g/mol. The van der Waals surface area contributed by atoms with E-state index < -0.39 is 0 Å². The summed E-state index contributed by atoms with van der Waals surface area (Å²) in [6.07, 6.45) is 3.42. The molecule has 0 spiro atoms. The first-order chi connectivity index (χ1) is 15.2. The van der Waals surface area contributed by atoms with Crippen molar-refractivity contribution in [1.82, 2.24) is 10.2 Å². The Morgan fingerprint density at radius 2 is 2.03 bits per heavy atom. The first-order valence-electron chi connectivity index (χ1n) is 11.2. The van der Waals surface area contributed by atoms with E-state index >= 15 is 0 Å². The van der Waals surface area contributed by atoms with Crippen molar-refractivity contribution in [2.75, 3.05) is 44.7 Å². The van der Waals surface area contributed by atoms with E-state index in [0.29, 0.717) is 11.5 Å². The molecule has 1 N–H and O–H groups in total. The number of nitrogens with zero attached hydrogens (tertiary/aromatic N) is 3. The van der Waals surface area contributed by atoms with Crippen LogP contribution in [0.4, 0.5) is 5.69 Å². The average molecular weight is 417 g/mol. The van der Waals surface area contributed by atoms with Crippen molar-refractivity contribution in [2.45, 2.75) is 25.8 Å². The van der Waals surface area contributed by atoms with Crippen LogP contribution in [0.3, 0.4) is 0 Å². The maximum absolute atomic E-state index is 9.01. The van der Waals surface area contributed by atoms with Crippen molar-refractivity contribution in [3.8, 4) is 11.8 Å². The fourth-order valence-corrected chi connectivity index (χ4v) is 4.67. The molecule has 0 aliphatic carbocycles. The Morgan fingerprint density at radius 3 is 2.81 bits per heavy atom. The Bertz CT molecular complexity index is 947. The van der Waals surface area contributed by atoms with Crippen LogP contribution in [0.15, 0.2) is 54.7 Å². The summed E-state index contributed by atoms with van der Waals surface area (Å²) < 4.78 is 5.35. The third kappa shape index (κ3) is 5.21. The summed E-state index contributed by atoms with van der Waals surface area (Å²) in [4.78, 5) is 4.93. The topological polar surface area (TPSA) is 51.5 Å². The van der Waals surface area contributed by atoms with E-state index in [2.05, 4.69) is 58.1 Å². The van der Waals surface area contributed by atoms with Crippen LogP contribution >= 0.6 is 0 Å². The lowest BCUT2D eigenvalue weighted by Gasteiger charge is -2.36. The number of piperidine rings is 1. The molecule has 162 valence electrons. The number of methoxy groups -OCH3 is 1. The summed E-state index contributed by atoms with van der Waals surface area (Å²) in [5, 5.41) is 12.6. The first-order valence-corrected chi connectivity index (χ1v) is 11.2. The predicted molar refractivity (Wildman–Crippen MR) is 125 cm³/mol. The Hall–Kier alpha value is -2.97. The zero-order chi connectivity index (χ0) is 21.6. The number of anilines is 1. The SMILES string of the molecule is C=C(NCCN1CCc2cc(OC)ccc2C1)C1CCCN(c2ccc(C#N)cc2)C1. The molecule has 1 saturated heterocycles. The lowest BCUT2D eigenvalue weighted by Crippen LogP contribution is -2.40. The second-order valence-corrected chi connectivity index (χ2v) is 8.56. The fraction of sp³-hybridized carbons (Fsp3) is 0.423. The Balaban J connectivity index is 1.24. The smallest absolute Gasteiger partial charge is 0.119 e. The zero-order valence-electron chi connectivity index (χ0n) is 18.4. The number of hydrogen-bond acceptors (Lipinski definition) is 5. The van der Waals surface area contributed by atoms with Gasteiger partial charge in [-0.15, -0.1) is 0 Å². The lowest BCUT2D eigenvalue weighted by atomic mass is 9.94. The molecule has 0 saturated carbocycles. The highest BCUT2D eigenvalue weighted by Gasteiger charge is 2.23. The maximum atomic E-state index is 9.01. The van der Waals surface area contributed by atoms with E-state index in [1.807, 2.05) is 12.1 Å². The van der Waals surface area contributed by atoms with E-state index in [1.54, 1.807) is 7.11 Å². The van der Waals surface area contributed by atoms with E-state index in [1.165, 1.54) is 23.2 Å². The van der Waals surface area contributed by atoms with Crippen LogP contribution in [0.25, 0.3) is 0 Å². The largest absolute Gasteiger partial charge is 0.497 e. The van der Waals surface area contributed by atoms with Gasteiger partial charge in [-0.2, -0.15) is 5.26 Å². The summed E-state index contributed by atoms with van der Waals surface area (Å²) in [6, 6.07) is 16.5. The van der Waals surface area contributed by atoms with Crippen LogP contribution in [0.5, 0.6) is 5.75 Å². The molecule has 2 aliphatic rings. The van der Waals surface area contributed by atoms with Gasteiger partial charge in [-0.05, 0) is 66.8 Å². The van der Waals surface area contributed by atoms with E-state index in [9.17, 15) is 0 Å². The van der Waals surface area contributed by atoms with Gasteiger partial charge in [0.15, 0.2) is 0 Å². The minimum absolute atomic E-state index is 0.457. The number of nitrogens with one attached hydrogen (secondary N) is 1. The van der Waals surface area contributed by atoms with E-state index in [-0.39, 0.29) is 0 Å². The van der Waals surface area contributed by atoms with Crippen molar-refractivity contribution in [3.05, 3.63) is 71.4 Å². The van der Waals surface area contributed by atoms with Crippen molar-refractivity contribution >= 4 is 5.69 Å². The number of hydrogen-bond donors (Lipinski definition) is 1. The fourth-order valence-electron chi connectivity index (χ4n) is 4.67. The van der Waals surface area contributed by atoms with Gasteiger partial charge in [-0.25, -0.2) is 0 Å². The number of fused-ring (bicyclic) bond motifs is 1. The molecule has 2 aliphatic heterocycles. The summed E-state index contributed by atoms with van der Waals surface area (Å²) >= 11 is 0. The van der Waals surface area contributed by atoms with E-state index in [0.717, 1.165) is 63.6 Å². The molecule has 1 unspecified atom stereocenters. The third-order valence-corrected chi connectivity index (χ3v) is 6.56. The summed E-state index contributed by atoms with van der Waals surface area (Å²) in [6.45, 7) is 10.4. The van der Waals surface area contributed by atoms with Crippen molar-refractivity contribution in [3.63, 3.8) is 0 Å². The highest BCUT2D eigenvalue weighted by Crippen LogP contribution is 2.27. The predicted octanol–water partition coefficient (Wildman–Crippen LogP) is 3.94. The summed E-state index contributed by atoms with van der Waals surface area (Å²) in [5.41, 5.74) is 5.89.